The molecule has 3 aromatic rings. The monoisotopic (exact) mass is 501 g/mol. The molecule has 0 bridgehead atoms. The van der Waals surface area contributed by atoms with E-state index in [1.807, 2.05) is 18.2 Å². The topological polar surface area (TPSA) is 70.4 Å². The third-order valence-electron chi connectivity index (χ3n) is 8.08. The lowest BCUT2D eigenvalue weighted by atomic mass is 9.87. The molecule has 0 spiro atoms. The first-order valence-electron chi connectivity index (χ1n) is 13.7. The van der Waals surface area contributed by atoms with Crippen molar-refractivity contribution in [2.45, 2.75) is 38.6 Å². The Morgan fingerprint density at radius 1 is 0.811 bits per heavy atom. The predicted molar refractivity (Wildman–Crippen MR) is 150 cm³/mol. The Morgan fingerprint density at radius 3 is 2.30 bits per heavy atom. The number of hydrogen-bond donors (Lipinski definition) is 3. The number of hydrogen-bond acceptors (Lipinski definition) is 6. The third kappa shape index (κ3) is 5.86. The predicted octanol–water partition coefficient (Wildman–Crippen LogP) is 4.86. The number of rotatable bonds is 8. The van der Waals surface area contributed by atoms with Gasteiger partial charge in [-0.05, 0) is 84.8 Å². The van der Waals surface area contributed by atoms with Crippen LogP contribution in [0.4, 0.5) is 5.69 Å². The maximum absolute atomic E-state index is 10.2. The molecule has 1 aliphatic carbocycles. The van der Waals surface area contributed by atoms with Gasteiger partial charge in [0.1, 0.15) is 5.75 Å². The molecular formula is C31H39N3O3. The van der Waals surface area contributed by atoms with Crippen molar-refractivity contribution in [3.63, 3.8) is 0 Å². The summed E-state index contributed by atoms with van der Waals surface area (Å²) in [7, 11) is 0. The molecule has 1 heterocycles. The second kappa shape index (κ2) is 11.4. The summed E-state index contributed by atoms with van der Waals surface area (Å²) in [5, 5.41) is 29.6. The van der Waals surface area contributed by atoms with E-state index in [1.165, 1.54) is 17.3 Å². The number of aromatic hydroxyl groups is 3. The molecule has 0 unspecified atom stereocenters. The number of anilines is 1. The molecule has 1 saturated heterocycles. The Morgan fingerprint density at radius 2 is 1.57 bits per heavy atom. The lowest BCUT2D eigenvalue weighted by Gasteiger charge is -2.39. The molecular weight excluding hydrogens is 462 g/mol. The Bertz CT molecular complexity index is 1190. The Hall–Kier alpha value is -3.22. The van der Waals surface area contributed by atoms with Gasteiger partial charge in [0.25, 0.3) is 0 Å². The number of benzene rings is 3. The highest BCUT2D eigenvalue weighted by Crippen LogP contribution is 2.32. The van der Waals surface area contributed by atoms with E-state index in [9.17, 15) is 15.3 Å². The molecule has 6 heteroatoms. The standard InChI is InChI=1S/C31H39N3O3/c1-2-14-33(27-11-12-28-25(21-27)4-3-5-29(28)35)18-15-32-16-19-34(20-17-32)26-9-6-23(7-10-26)24-8-13-30(36)31(37)22-24/h3-10,13,22,27,35-37H,2,11-12,14-21H2,1H3/t27-/m0/s1. The van der Waals surface area contributed by atoms with E-state index in [1.54, 1.807) is 6.07 Å². The van der Waals surface area contributed by atoms with Crippen molar-refractivity contribution in [3.05, 3.63) is 71.8 Å². The summed E-state index contributed by atoms with van der Waals surface area (Å²) in [6.07, 6.45) is 4.30. The van der Waals surface area contributed by atoms with Crippen LogP contribution in [0.3, 0.4) is 0 Å². The van der Waals surface area contributed by atoms with Gasteiger partial charge in [0.15, 0.2) is 11.5 Å². The summed E-state index contributed by atoms with van der Waals surface area (Å²) in [4.78, 5) is 7.72. The minimum Gasteiger partial charge on any atom is -0.508 e. The van der Waals surface area contributed by atoms with Crippen molar-refractivity contribution in [2.75, 3.05) is 50.7 Å². The highest BCUT2D eigenvalue weighted by atomic mass is 16.3. The van der Waals surface area contributed by atoms with Crippen molar-refractivity contribution < 1.29 is 15.3 Å². The minimum atomic E-state index is -0.0968. The van der Waals surface area contributed by atoms with Gasteiger partial charge in [0, 0.05) is 51.0 Å². The normalized spacial score (nSPS) is 18.2. The van der Waals surface area contributed by atoms with Crippen molar-refractivity contribution in [1.82, 2.24) is 9.80 Å². The van der Waals surface area contributed by atoms with E-state index in [0.29, 0.717) is 11.8 Å². The SMILES string of the molecule is CCCN(CCN1CCN(c2ccc(-c3ccc(O)c(O)c3)cc2)CC1)[C@H]1CCc2c(O)cccc2C1. The molecule has 196 valence electrons. The number of nitrogens with zero attached hydrogens (tertiary/aromatic N) is 3. The molecule has 1 fully saturated rings. The minimum absolute atomic E-state index is 0.0946. The second-order valence-electron chi connectivity index (χ2n) is 10.4. The number of piperazine rings is 1. The van der Waals surface area contributed by atoms with Crippen LogP contribution in [-0.2, 0) is 12.8 Å². The molecule has 0 radical (unpaired) electrons. The van der Waals surface area contributed by atoms with Gasteiger partial charge in [0.2, 0.25) is 0 Å². The Balaban J connectivity index is 1.13. The maximum Gasteiger partial charge on any atom is 0.158 e. The summed E-state index contributed by atoms with van der Waals surface area (Å²) in [6.45, 7) is 9.76. The van der Waals surface area contributed by atoms with Crippen LogP contribution in [-0.4, -0.2) is 77.0 Å². The van der Waals surface area contributed by atoms with Gasteiger partial charge in [-0.25, -0.2) is 0 Å². The fourth-order valence-electron chi connectivity index (χ4n) is 5.91. The summed E-state index contributed by atoms with van der Waals surface area (Å²) >= 11 is 0. The summed E-state index contributed by atoms with van der Waals surface area (Å²) < 4.78 is 0. The van der Waals surface area contributed by atoms with Gasteiger partial charge in [0.05, 0.1) is 0 Å². The molecule has 3 aromatic carbocycles. The lowest BCUT2D eigenvalue weighted by Crippen LogP contribution is -2.50. The van der Waals surface area contributed by atoms with Crippen LogP contribution in [0.2, 0.25) is 0 Å². The summed E-state index contributed by atoms with van der Waals surface area (Å²) in [5.74, 6) is 0.272. The molecule has 1 aliphatic heterocycles. The Labute approximate surface area is 220 Å². The smallest absolute Gasteiger partial charge is 0.158 e. The number of phenolic OH excluding ortho intramolecular Hbond substituents is 3. The second-order valence-corrected chi connectivity index (χ2v) is 10.4. The van der Waals surface area contributed by atoms with Gasteiger partial charge in [-0.3, -0.25) is 9.80 Å². The largest absolute Gasteiger partial charge is 0.508 e. The van der Waals surface area contributed by atoms with E-state index in [2.05, 4.69) is 52.0 Å². The molecule has 1 atom stereocenters. The van der Waals surface area contributed by atoms with Crippen LogP contribution >= 0.6 is 0 Å². The van der Waals surface area contributed by atoms with Crippen molar-refractivity contribution >= 4 is 5.69 Å². The molecule has 6 nitrogen and oxygen atoms in total. The Kier molecular flexibility index (Phi) is 7.87. The van der Waals surface area contributed by atoms with Crippen LogP contribution in [0.5, 0.6) is 17.2 Å². The van der Waals surface area contributed by atoms with Crippen LogP contribution in [0.25, 0.3) is 11.1 Å². The fraction of sp³-hybridized carbons (Fsp3) is 0.419. The zero-order valence-corrected chi connectivity index (χ0v) is 21.8. The van der Waals surface area contributed by atoms with Crippen LogP contribution in [0, 0.1) is 0 Å². The van der Waals surface area contributed by atoms with E-state index < -0.39 is 0 Å². The van der Waals surface area contributed by atoms with Crippen molar-refractivity contribution in [1.29, 1.82) is 0 Å². The zero-order chi connectivity index (χ0) is 25.8. The molecule has 2 aliphatic rings. The molecule has 37 heavy (non-hydrogen) atoms. The summed E-state index contributed by atoms with van der Waals surface area (Å²) in [5.41, 5.74) is 5.61. The lowest BCUT2D eigenvalue weighted by molar-refractivity contribution is 0.145. The fourth-order valence-corrected chi connectivity index (χ4v) is 5.91. The molecule has 5 rings (SSSR count). The quantitative estimate of drug-likeness (QED) is 0.383. The van der Waals surface area contributed by atoms with Crippen LogP contribution in [0.1, 0.15) is 30.9 Å². The number of fused-ring (bicyclic) bond motifs is 1. The van der Waals surface area contributed by atoms with Gasteiger partial charge in [-0.1, -0.05) is 37.3 Å². The first kappa shape index (κ1) is 25.4. The van der Waals surface area contributed by atoms with Gasteiger partial charge in [-0.15, -0.1) is 0 Å². The van der Waals surface area contributed by atoms with Crippen molar-refractivity contribution in [3.8, 4) is 28.4 Å². The van der Waals surface area contributed by atoms with Crippen LogP contribution < -0.4 is 4.90 Å². The average Bonchev–Trinajstić information content (AvgIpc) is 2.93. The molecule has 3 N–H and O–H groups in total. The highest BCUT2D eigenvalue weighted by molar-refractivity contribution is 5.69. The number of phenols is 3. The van der Waals surface area contributed by atoms with E-state index in [0.717, 1.165) is 88.2 Å². The van der Waals surface area contributed by atoms with Crippen LogP contribution in [0.15, 0.2) is 60.7 Å². The van der Waals surface area contributed by atoms with E-state index >= 15 is 0 Å². The van der Waals surface area contributed by atoms with E-state index in [-0.39, 0.29) is 11.5 Å². The van der Waals surface area contributed by atoms with E-state index in [4.69, 9.17) is 0 Å². The zero-order valence-electron chi connectivity index (χ0n) is 21.8. The van der Waals surface area contributed by atoms with Crippen molar-refractivity contribution in [2.24, 2.45) is 0 Å². The molecule has 0 aromatic heterocycles. The molecule has 0 saturated carbocycles. The van der Waals surface area contributed by atoms with Gasteiger partial charge >= 0.3 is 0 Å². The maximum atomic E-state index is 10.2. The molecule has 0 amide bonds. The first-order chi connectivity index (χ1) is 18.0. The first-order valence-corrected chi connectivity index (χ1v) is 13.7. The average molecular weight is 502 g/mol. The summed E-state index contributed by atoms with van der Waals surface area (Å²) in [6, 6.07) is 19.9. The highest BCUT2D eigenvalue weighted by Gasteiger charge is 2.26. The van der Waals surface area contributed by atoms with Gasteiger partial charge < -0.3 is 20.2 Å². The van der Waals surface area contributed by atoms with Gasteiger partial charge in [-0.2, -0.15) is 0 Å². The third-order valence-corrected chi connectivity index (χ3v) is 8.08.